The molecule has 6 heteroatoms. The van der Waals surface area contributed by atoms with Crippen molar-refractivity contribution in [3.63, 3.8) is 0 Å². The predicted octanol–water partition coefficient (Wildman–Crippen LogP) is 3.39. The Morgan fingerprint density at radius 2 is 2.12 bits per heavy atom. The minimum atomic E-state index is -0.779. The first-order chi connectivity index (χ1) is 12.3. The van der Waals surface area contributed by atoms with E-state index < -0.39 is 11.4 Å². The predicted molar refractivity (Wildman–Crippen MR) is 103 cm³/mol. The number of nitrogens with zero attached hydrogens (tertiary/aromatic N) is 2. The van der Waals surface area contributed by atoms with Gasteiger partial charge in [0.15, 0.2) is 5.78 Å². The topological polar surface area (TPSA) is 62.5 Å². The van der Waals surface area contributed by atoms with Crippen LogP contribution in [0, 0.1) is 19.3 Å². The Morgan fingerprint density at radius 1 is 1.35 bits per heavy atom. The van der Waals surface area contributed by atoms with Crippen molar-refractivity contribution in [1.82, 2.24) is 9.47 Å². The molecular weight excluding hydrogens is 348 g/mol. The fraction of sp³-hybridized carbons (Fsp3) is 0.500. The van der Waals surface area contributed by atoms with Gasteiger partial charge in [-0.05, 0) is 57.7 Å². The van der Waals surface area contributed by atoms with Gasteiger partial charge in [0.2, 0.25) is 0 Å². The smallest absolute Gasteiger partial charge is 0.310 e. The molecule has 1 aliphatic rings. The van der Waals surface area contributed by atoms with E-state index >= 15 is 0 Å². The summed E-state index contributed by atoms with van der Waals surface area (Å²) in [6, 6.07) is 6.17. The number of hydrogen-bond acceptors (Lipinski definition) is 4. The highest BCUT2D eigenvalue weighted by Gasteiger charge is 2.40. The van der Waals surface area contributed by atoms with E-state index in [1.165, 1.54) is 4.88 Å². The second kappa shape index (κ2) is 7.37. The van der Waals surface area contributed by atoms with Crippen molar-refractivity contribution in [2.75, 3.05) is 19.6 Å². The summed E-state index contributed by atoms with van der Waals surface area (Å²) in [5, 5.41) is 11.4. The van der Waals surface area contributed by atoms with Crippen LogP contribution in [0.1, 0.15) is 40.0 Å². The maximum atomic E-state index is 12.8. The van der Waals surface area contributed by atoms with Gasteiger partial charge in [-0.3, -0.25) is 14.5 Å². The third kappa shape index (κ3) is 3.76. The molecule has 1 fully saturated rings. The zero-order valence-electron chi connectivity index (χ0n) is 15.6. The molecular formula is C20H26N2O3S. The highest BCUT2D eigenvalue weighted by atomic mass is 32.1. The second-order valence-electron chi connectivity index (χ2n) is 7.52. The number of Topliss-reactive ketones (excluding diaryl/α,β-unsaturated/α-hetero) is 1. The lowest BCUT2D eigenvalue weighted by Gasteiger charge is -2.19. The Hall–Kier alpha value is -1.92. The first-order valence-electron chi connectivity index (χ1n) is 8.98. The molecule has 1 saturated heterocycles. The van der Waals surface area contributed by atoms with E-state index in [0.717, 1.165) is 29.9 Å². The summed E-state index contributed by atoms with van der Waals surface area (Å²) in [7, 11) is 0. The van der Waals surface area contributed by atoms with Crippen molar-refractivity contribution in [2.24, 2.45) is 5.41 Å². The third-order valence-electron chi connectivity index (χ3n) is 5.47. The molecule has 5 nitrogen and oxygen atoms in total. The fourth-order valence-electron chi connectivity index (χ4n) is 3.76. The summed E-state index contributed by atoms with van der Waals surface area (Å²) in [6.07, 6.45) is 1.56. The van der Waals surface area contributed by atoms with Gasteiger partial charge < -0.3 is 9.67 Å². The third-order valence-corrected chi connectivity index (χ3v) is 6.41. The van der Waals surface area contributed by atoms with Crippen LogP contribution in [0.25, 0.3) is 0 Å². The molecule has 140 valence electrons. The minimum Gasteiger partial charge on any atom is -0.481 e. The number of ketones is 1. The summed E-state index contributed by atoms with van der Waals surface area (Å²) < 4.78 is 2.21. The molecule has 1 atom stereocenters. The highest BCUT2D eigenvalue weighted by Crippen LogP contribution is 2.30. The first-order valence-corrected chi connectivity index (χ1v) is 9.86. The van der Waals surface area contributed by atoms with Crippen LogP contribution in [0.5, 0.6) is 0 Å². The molecule has 0 saturated carbocycles. The van der Waals surface area contributed by atoms with Crippen LogP contribution in [0.3, 0.4) is 0 Å². The molecule has 1 N–H and O–H groups in total. The number of carboxylic acids is 1. The molecule has 1 aliphatic heterocycles. The SMILES string of the molecule is Cc1cc(C(=O)CN2CCC(C)(C(=O)O)C2)c(C)n1CCc1cccs1. The van der Waals surface area contributed by atoms with E-state index in [4.69, 9.17) is 0 Å². The van der Waals surface area contributed by atoms with Gasteiger partial charge in [0.05, 0.1) is 12.0 Å². The van der Waals surface area contributed by atoms with Gasteiger partial charge in [0.1, 0.15) is 0 Å². The average molecular weight is 375 g/mol. The molecule has 0 bridgehead atoms. The average Bonchev–Trinajstić information content (AvgIpc) is 3.28. The highest BCUT2D eigenvalue weighted by molar-refractivity contribution is 7.09. The van der Waals surface area contributed by atoms with Crippen molar-refractivity contribution < 1.29 is 14.7 Å². The molecule has 0 aliphatic carbocycles. The largest absolute Gasteiger partial charge is 0.481 e. The lowest BCUT2D eigenvalue weighted by Crippen LogP contribution is -2.34. The van der Waals surface area contributed by atoms with Gasteiger partial charge in [-0.25, -0.2) is 0 Å². The van der Waals surface area contributed by atoms with E-state index in [-0.39, 0.29) is 12.3 Å². The van der Waals surface area contributed by atoms with Crippen LogP contribution < -0.4 is 0 Å². The van der Waals surface area contributed by atoms with Crippen molar-refractivity contribution >= 4 is 23.1 Å². The molecule has 2 aromatic rings. The van der Waals surface area contributed by atoms with Gasteiger partial charge in [-0.2, -0.15) is 0 Å². The molecule has 0 aromatic carbocycles. The number of carbonyl (C=O) groups is 2. The Labute approximate surface area is 158 Å². The molecule has 0 radical (unpaired) electrons. The fourth-order valence-corrected chi connectivity index (χ4v) is 4.46. The zero-order chi connectivity index (χ0) is 18.9. The van der Waals surface area contributed by atoms with E-state index in [1.807, 2.05) is 24.8 Å². The second-order valence-corrected chi connectivity index (χ2v) is 8.55. The maximum Gasteiger partial charge on any atom is 0.310 e. The molecule has 3 rings (SSSR count). The van der Waals surface area contributed by atoms with E-state index in [9.17, 15) is 14.7 Å². The maximum absolute atomic E-state index is 12.8. The number of aliphatic carboxylic acids is 1. The van der Waals surface area contributed by atoms with Crippen LogP contribution in [0.15, 0.2) is 23.6 Å². The minimum absolute atomic E-state index is 0.0788. The monoisotopic (exact) mass is 374 g/mol. The normalized spacial score (nSPS) is 20.6. The van der Waals surface area contributed by atoms with Crippen LogP contribution >= 0.6 is 11.3 Å². The van der Waals surface area contributed by atoms with Crippen LogP contribution in [-0.2, 0) is 17.8 Å². The van der Waals surface area contributed by atoms with Crippen LogP contribution in [0.2, 0.25) is 0 Å². The Morgan fingerprint density at radius 3 is 2.73 bits per heavy atom. The number of aromatic nitrogens is 1. The number of rotatable bonds is 7. The lowest BCUT2D eigenvalue weighted by atomic mass is 9.90. The number of carboxylic acid groups (broad SMARTS) is 1. The standard InChI is InChI=1S/C20H26N2O3S/c1-14-11-17(15(2)22(14)8-6-16-5-4-10-26-16)18(23)12-21-9-7-20(3,13-21)19(24)25/h4-5,10-11H,6-9,12-13H2,1-3H3,(H,24,25). The summed E-state index contributed by atoms with van der Waals surface area (Å²) >= 11 is 1.76. The van der Waals surface area contributed by atoms with Crippen molar-refractivity contribution in [3.05, 3.63) is 45.4 Å². The molecule has 3 heterocycles. The first kappa shape index (κ1) is 18.9. The Kier molecular flexibility index (Phi) is 5.34. The van der Waals surface area contributed by atoms with Crippen LogP contribution in [0.4, 0.5) is 0 Å². The quantitative estimate of drug-likeness (QED) is 0.755. The number of hydrogen-bond donors (Lipinski definition) is 1. The lowest BCUT2D eigenvalue weighted by molar-refractivity contribution is -0.147. The van der Waals surface area contributed by atoms with E-state index in [2.05, 4.69) is 22.1 Å². The molecule has 2 aromatic heterocycles. The van der Waals surface area contributed by atoms with E-state index in [1.54, 1.807) is 18.3 Å². The van der Waals surface area contributed by atoms with Crippen molar-refractivity contribution in [2.45, 2.75) is 40.2 Å². The molecule has 26 heavy (non-hydrogen) atoms. The summed E-state index contributed by atoms with van der Waals surface area (Å²) in [4.78, 5) is 27.5. The number of likely N-dealkylation sites (tertiary alicyclic amines) is 1. The Bertz CT molecular complexity index is 809. The summed E-state index contributed by atoms with van der Waals surface area (Å²) in [6.45, 7) is 8.05. The van der Waals surface area contributed by atoms with Gasteiger partial charge in [0.25, 0.3) is 0 Å². The number of aryl methyl sites for hydroxylation is 2. The molecule has 1 unspecified atom stereocenters. The van der Waals surface area contributed by atoms with Gasteiger partial charge >= 0.3 is 5.97 Å². The molecule has 0 spiro atoms. The van der Waals surface area contributed by atoms with Crippen molar-refractivity contribution in [3.8, 4) is 0 Å². The van der Waals surface area contributed by atoms with Gasteiger partial charge in [0, 0.05) is 34.9 Å². The van der Waals surface area contributed by atoms with Crippen LogP contribution in [-0.4, -0.2) is 46.0 Å². The van der Waals surface area contributed by atoms with Crippen molar-refractivity contribution in [1.29, 1.82) is 0 Å². The van der Waals surface area contributed by atoms with E-state index in [0.29, 0.717) is 19.5 Å². The molecule has 0 amide bonds. The summed E-state index contributed by atoms with van der Waals surface area (Å²) in [5.74, 6) is -0.700. The van der Waals surface area contributed by atoms with Gasteiger partial charge in [-0.15, -0.1) is 11.3 Å². The Balaban J connectivity index is 1.66. The zero-order valence-corrected chi connectivity index (χ0v) is 16.4. The summed E-state index contributed by atoms with van der Waals surface area (Å²) in [5.41, 5.74) is 2.12. The number of carbonyl (C=O) groups excluding carboxylic acids is 1. The number of thiophene rings is 1. The van der Waals surface area contributed by atoms with Gasteiger partial charge in [-0.1, -0.05) is 6.07 Å².